The minimum Gasteiger partial charge on any atom is -0.378 e. The second kappa shape index (κ2) is 5.25. The van der Waals surface area contributed by atoms with Crippen LogP contribution in [0.25, 0.3) is 0 Å². The maximum absolute atomic E-state index is 5.82. The van der Waals surface area contributed by atoms with Crippen molar-refractivity contribution >= 4 is 0 Å². The molecule has 3 heteroatoms. The molecule has 1 saturated heterocycles. The van der Waals surface area contributed by atoms with E-state index in [0.29, 0.717) is 11.5 Å². The Labute approximate surface area is 106 Å². The molecule has 0 bridgehead atoms. The second-order valence-electron chi connectivity index (χ2n) is 6.50. The smallest absolute Gasteiger partial charge is 0.0538 e. The highest BCUT2D eigenvalue weighted by Gasteiger charge is 2.45. The van der Waals surface area contributed by atoms with Gasteiger partial charge in [0.1, 0.15) is 0 Å². The summed E-state index contributed by atoms with van der Waals surface area (Å²) in [4.78, 5) is 5.01. The SMILES string of the molecule is CC(C)OCC1(CN2CC[C@@H](N(C)C)C2)CC1. The number of likely N-dealkylation sites (tertiary alicyclic amines) is 1. The maximum atomic E-state index is 5.82. The predicted octanol–water partition coefficient (Wildman–Crippen LogP) is 1.83. The third-order valence-corrected chi connectivity index (χ3v) is 4.22. The molecule has 1 aliphatic carbocycles. The van der Waals surface area contributed by atoms with Crippen molar-refractivity contribution in [3.8, 4) is 0 Å². The van der Waals surface area contributed by atoms with Crippen LogP contribution in [0.2, 0.25) is 0 Å². The molecule has 0 unspecified atom stereocenters. The predicted molar refractivity (Wildman–Crippen MR) is 71.3 cm³/mol. The fourth-order valence-corrected chi connectivity index (χ4v) is 2.72. The van der Waals surface area contributed by atoms with Gasteiger partial charge in [-0.1, -0.05) is 0 Å². The summed E-state index contributed by atoms with van der Waals surface area (Å²) < 4.78 is 5.82. The number of nitrogens with zero attached hydrogens (tertiary/aromatic N) is 2. The van der Waals surface area contributed by atoms with Gasteiger partial charge in [-0.15, -0.1) is 0 Å². The van der Waals surface area contributed by atoms with Gasteiger partial charge in [0.05, 0.1) is 12.7 Å². The summed E-state index contributed by atoms with van der Waals surface area (Å²) in [6.07, 6.45) is 4.43. The Morgan fingerprint density at radius 3 is 2.53 bits per heavy atom. The quantitative estimate of drug-likeness (QED) is 0.704. The first-order valence-corrected chi connectivity index (χ1v) is 7.01. The lowest BCUT2D eigenvalue weighted by Crippen LogP contribution is -2.35. The second-order valence-corrected chi connectivity index (χ2v) is 6.50. The molecule has 2 fully saturated rings. The Bertz CT molecular complexity index is 249. The first-order chi connectivity index (χ1) is 8.01. The van der Waals surface area contributed by atoms with Gasteiger partial charge >= 0.3 is 0 Å². The molecular weight excluding hydrogens is 212 g/mol. The molecule has 3 nitrogen and oxygen atoms in total. The summed E-state index contributed by atoms with van der Waals surface area (Å²) in [6.45, 7) is 9.00. The van der Waals surface area contributed by atoms with Crippen LogP contribution in [0.1, 0.15) is 33.1 Å². The largest absolute Gasteiger partial charge is 0.378 e. The van der Waals surface area contributed by atoms with Gasteiger partial charge in [0.15, 0.2) is 0 Å². The van der Waals surface area contributed by atoms with Crippen LogP contribution in [0.5, 0.6) is 0 Å². The van der Waals surface area contributed by atoms with Crippen molar-refractivity contribution in [1.82, 2.24) is 9.80 Å². The first-order valence-electron chi connectivity index (χ1n) is 7.01. The van der Waals surface area contributed by atoms with E-state index in [9.17, 15) is 0 Å². The molecule has 0 radical (unpaired) electrons. The molecule has 0 aromatic heterocycles. The lowest BCUT2D eigenvalue weighted by atomic mass is 10.1. The number of hydrogen-bond acceptors (Lipinski definition) is 3. The Morgan fingerprint density at radius 1 is 1.35 bits per heavy atom. The molecule has 2 rings (SSSR count). The van der Waals surface area contributed by atoms with Crippen molar-refractivity contribution in [1.29, 1.82) is 0 Å². The van der Waals surface area contributed by atoms with Crippen LogP contribution in [0.3, 0.4) is 0 Å². The van der Waals surface area contributed by atoms with Gasteiger partial charge in [-0.2, -0.15) is 0 Å². The van der Waals surface area contributed by atoms with Gasteiger partial charge in [0.25, 0.3) is 0 Å². The molecule has 0 aromatic rings. The zero-order valence-electron chi connectivity index (χ0n) is 11.9. The van der Waals surface area contributed by atoms with Crippen molar-refractivity contribution < 1.29 is 4.74 Å². The molecule has 0 amide bonds. The van der Waals surface area contributed by atoms with Gasteiger partial charge in [-0.25, -0.2) is 0 Å². The minimum atomic E-state index is 0.376. The number of likely N-dealkylation sites (N-methyl/N-ethyl adjacent to an activating group) is 1. The molecule has 1 saturated carbocycles. The topological polar surface area (TPSA) is 15.7 Å². The average Bonchev–Trinajstić information content (AvgIpc) is 2.84. The van der Waals surface area contributed by atoms with Crippen LogP contribution in [0.4, 0.5) is 0 Å². The molecule has 1 atom stereocenters. The third-order valence-electron chi connectivity index (χ3n) is 4.22. The van der Waals surface area contributed by atoms with E-state index >= 15 is 0 Å². The maximum Gasteiger partial charge on any atom is 0.0538 e. The molecule has 2 aliphatic rings. The highest BCUT2D eigenvalue weighted by Crippen LogP contribution is 2.47. The van der Waals surface area contributed by atoms with Crippen molar-refractivity contribution in [2.45, 2.75) is 45.3 Å². The Morgan fingerprint density at radius 2 is 2.06 bits per heavy atom. The Hall–Kier alpha value is -0.120. The lowest BCUT2D eigenvalue weighted by molar-refractivity contribution is 0.0329. The summed E-state index contributed by atoms with van der Waals surface area (Å²) >= 11 is 0. The van der Waals surface area contributed by atoms with Gasteiger partial charge in [-0.3, -0.25) is 0 Å². The van der Waals surface area contributed by atoms with Crippen LogP contribution in [0.15, 0.2) is 0 Å². The third kappa shape index (κ3) is 3.67. The number of ether oxygens (including phenoxy) is 1. The fraction of sp³-hybridized carbons (Fsp3) is 1.00. The van der Waals surface area contributed by atoms with E-state index in [-0.39, 0.29) is 0 Å². The monoisotopic (exact) mass is 240 g/mol. The van der Waals surface area contributed by atoms with Crippen LogP contribution in [-0.4, -0.2) is 62.3 Å². The van der Waals surface area contributed by atoms with Crippen LogP contribution in [0, 0.1) is 5.41 Å². The number of rotatable bonds is 6. The molecule has 1 heterocycles. The van der Waals surface area contributed by atoms with Crippen molar-refractivity contribution in [2.24, 2.45) is 5.41 Å². The van der Waals surface area contributed by atoms with Crippen LogP contribution < -0.4 is 0 Å². The molecule has 0 spiro atoms. The highest BCUT2D eigenvalue weighted by atomic mass is 16.5. The van der Waals surface area contributed by atoms with E-state index in [4.69, 9.17) is 4.74 Å². The van der Waals surface area contributed by atoms with Crippen LogP contribution >= 0.6 is 0 Å². The normalized spacial score (nSPS) is 28.2. The summed E-state index contributed by atoms with van der Waals surface area (Å²) in [5.41, 5.74) is 0.505. The van der Waals surface area contributed by atoms with Crippen molar-refractivity contribution in [3.63, 3.8) is 0 Å². The van der Waals surface area contributed by atoms with Gasteiger partial charge < -0.3 is 14.5 Å². The molecule has 17 heavy (non-hydrogen) atoms. The summed E-state index contributed by atoms with van der Waals surface area (Å²) in [5, 5.41) is 0. The minimum absolute atomic E-state index is 0.376. The zero-order chi connectivity index (χ0) is 12.5. The molecule has 100 valence electrons. The first kappa shape index (κ1) is 13.3. The van der Waals surface area contributed by atoms with E-state index in [1.165, 1.54) is 38.9 Å². The highest BCUT2D eigenvalue weighted by molar-refractivity contribution is 4.97. The van der Waals surface area contributed by atoms with E-state index in [1.807, 2.05) is 0 Å². The zero-order valence-corrected chi connectivity index (χ0v) is 11.9. The van der Waals surface area contributed by atoms with E-state index in [1.54, 1.807) is 0 Å². The van der Waals surface area contributed by atoms with Gasteiger partial charge in [0.2, 0.25) is 0 Å². The van der Waals surface area contributed by atoms with Crippen molar-refractivity contribution in [2.75, 3.05) is 40.3 Å². The van der Waals surface area contributed by atoms with E-state index in [0.717, 1.165) is 12.6 Å². The van der Waals surface area contributed by atoms with E-state index < -0.39 is 0 Å². The summed E-state index contributed by atoms with van der Waals surface area (Å²) in [5.74, 6) is 0. The number of hydrogen-bond donors (Lipinski definition) is 0. The average molecular weight is 240 g/mol. The molecule has 0 N–H and O–H groups in total. The standard InChI is InChI=1S/C14H28N2O/c1-12(2)17-11-14(6-7-14)10-16-8-5-13(9-16)15(3)4/h12-13H,5-11H2,1-4H3/t13-/m1/s1. The van der Waals surface area contributed by atoms with Crippen molar-refractivity contribution in [3.05, 3.63) is 0 Å². The molecule has 1 aliphatic heterocycles. The van der Waals surface area contributed by atoms with E-state index in [2.05, 4.69) is 37.7 Å². The fourth-order valence-electron chi connectivity index (χ4n) is 2.72. The molecule has 0 aromatic carbocycles. The Kier molecular flexibility index (Phi) is 4.11. The van der Waals surface area contributed by atoms with Gasteiger partial charge in [0, 0.05) is 24.5 Å². The molecular formula is C14H28N2O. The van der Waals surface area contributed by atoms with Gasteiger partial charge in [-0.05, 0) is 53.8 Å². The lowest BCUT2D eigenvalue weighted by Gasteiger charge is -2.25. The van der Waals surface area contributed by atoms with Crippen LogP contribution in [-0.2, 0) is 4.74 Å². The Balaban J connectivity index is 1.74. The summed E-state index contributed by atoms with van der Waals surface area (Å²) in [6, 6.07) is 0.761. The summed E-state index contributed by atoms with van der Waals surface area (Å²) in [7, 11) is 4.39.